The zero-order chi connectivity index (χ0) is 20.1. The Morgan fingerprint density at radius 3 is 2.44 bits per heavy atom. The molecule has 0 bridgehead atoms. The SMILES string of the molecule is CC.CCOC(=O)N(C)CCC1CCC1.Cn1nccc1C1CCNCC1. The smallest absolute Gasteiger partial charge is 0.409 e. The molecule has 2 aliphatic rings. The lowest BCUT2D eigenvalue weighted by Crippen LogP contribution is -2.30. The van der Waals surface area contributed by atoms with Gasteiger partial charge in [0.2, 0.25) is 0 Å². The summed E-state index contributed by atoms with van der Waals surface area (Å²) < 4.78 is 6.87. The number of amides is 1. The number of aryl methyl sites for hydroxylation is 1. The number of nitrogens with one attached hydrogen (secondary N) is 1. The molecule has 0 atom stereocenters. The Hall–Kier alpha value is -1.56. The molecule has 156 valence electrons. The van der Waals surface area contributed by atoms with E-state index < -0.39 is 0 Å². The molecule has 0 aromatic carbocycles. The molecule has 1 saturated heterocycles. The molecule has 0 radical (unpaired) electrons. The summed E-state index contributed by atoms with van der Waals surface area (Å²) >= 11 is 0. The van der Waals surface area contributed by atoms with Crippen LogP contribution in [0.5, 0.6) is 0 Å². The van der Waals surface area contributed by atoms with Gasteiger partial charge in [0.25, 0.3) is 0 Å². The van der Waals surface area contributed by atoms with Gasteiger partial charge >= 0.3 is 6.09 Å². The highest BCUT2D eigenvalue weighted by atomic mass is 16.5. The fraction of sp³-hybridized carbons (Fsp3) is 0.810. The second kappa shape index (κ2) is 13.6. The second-order valence-electron chi connectivity index (χ2n) is 7.11. The van der Waals surface area contributed by atoms with Crippen molar-refractivity contribution in [2.45, 2.75) is 65.2 Å². The lowest BCUT2D eigenvalue weighted by molar-refractivity contribution is 0.112. The average molecular weight is 381 g/mol. The van der Waals surface area contributed by atoms with E-state index in [4.69, 9.17) is 4.74 Å². The number of ether oxygens (including phenoxy) is 1. The molecule has 1 aliphatic carbocycles. The summed E-state index contributed by atoms with van der Waals surface area (Å²) in [5, 5.41) is 7.55. The summed E-state index contributed by atoms with van der Waals surface area (Å²) in [6.45, 7) is 9.43. The van der Waals surface area contributed by atoms with Gasteiger partial charge in [-0.2, -0.15) is 5.10 Å². The van der Waals surface area contributed by atoms with E-state index in [0.29, 0.717) is 6.61 Å². The largest absolute Gasteiger partial charge is 0.450 e. The zero-order valence-corrected chi connectivity index (χ0v) is 18.0. The van der Waals surface area contributed by atoms with Crippen molar-refractivity contribution < 1.29 is 9.53 Å². The number of carbonyl (C=O) groups is 1. The predicted molar refractivity (Wildman–Crippen MR) is 111 cm³/mol. The quantitative estimate of drug-likeness (QED) is 0.832. The third-order valence-electron chi connectivity index (χ3n) is 5.29. The van der Waals surface area contributed by atoms with Crippen LogP contribution in [0.2, 0.25) is 0 Å². The maximum atomic E-state index is 11.2. The third kappa shape index (κ3) is 8.33. The number of hydrogen-bond donors (Lipinski definition) is 1. The Balaban J connectivity index is 0.000000248. The molecule has 1 aromatic rings. The van der Waals surface area contributed by atoms with Crippen LogP contribution in [0.3, 0.4) is 0 Å². The van der Waals surface area contributed by atoms with Gasteiger partial charge in [-0.25, -0.2) is 4.79 Å². The van der Waals surface area contributed by atoms with Gasteiger partial charge in [-0.3, -0.25) is 4.68 Å². The van der Waals surface area contributed by atoms with E-state index in [1.165, 1.54) is 37.8 Å². The fourth-order valence-corrected chi connectivity index (χ4v) is 3.38. The summed E-state index contributed by atoms with van der Waals surface area (Å²) in [7, 11) is 3.83. The van der Waals surface area contributed by atoms with E-state index in [1.54, 1.807) is 11.9 Å². The van der Waals surface area contributed by atoms with Crippen LogP contribution >= 0.6 is 0 Å². The highest BCUT2D eigenvalue weighted by Gasteiger charge is 2.19. The van der Waals surface area contributed by atoms with Crippen LogP contribution in [0, 0.1) is 5.92 Å². The van der Waals surface area contributed by atoms with Crippen molar-refractivity contribution in [1.82, 2.24) is 20.0 Å². The topological polar surface area (TPSA) is 59.4 Å². The van der Waals surface area contributed by atoms with Crippen LogP contribution in [-0.4, -0.2) is 54.1 Å². The van der Waals surface area contributed by atoms with Crippen molar-refractivity contribution >= 4 is 6.09 Å². The van der Waals surface area contributed by atoms with E-state index in [0.717, 1.165) is 37.9 Å². The molecule has 3 rings (SSSR count). The Morgan fingerprint density at radius 2 is 1.96 bits per heavy atom. The summed E-state index contributed by atoms with van der Waals surface area (Å²) in [4.78, 5) is 12.8. The molecule has 6 heteroatoms. The minimum atomic E-state index is -0.193. The van der Waals surface area contributed by atoms with Crippen molar-refractivity contribution in [3.05, 3.63) is 18.0 Å². The van der Waals surface area contributed by atoms with E-state index in [2.05, 4.69) is 16.5 Å². The summed E-state index contributed by atoms with van der Waals surface area (Å²) in [6, 6.07) is 2.13. The van der Waals surface area contributed by atoms with Crippen LogP contribution in [0.4, 0.5) is 4.79 Å². The minimum Gasteiger partial charge on any atom is -0.450 e. The molecule has 1 aromatic heterocycles. The van der Waals surface area contributed by atoms with E-state index in [1.807, 2.05) is 38.7 Å². The van der Waals surface area contributed by atoms with Crippen molar-refractivity contribution in [3.8, 4) is 0 Å². The fourth-order valence-electron chi connectivity index (χ4n) is 3.38. The van der Waals surface area contributed by atoms with Crippen molar-refractivity contribution in [2.75, 3.05) is 33.3 Å². The van der Waals surface area contributed by atoms with E-state index in [9.17, 15) is 4.79 Å². The molecular weight excluding hydrogens is 340 g/mol. The van der Waals surface area contributed by atoms with Crippen LogP contribution in [0.1, 0.15) is 70.9 Å². The van der Waals surface area contributed by atoms with Gasteiger partial charge in [-0.05, 0) is 51.3 Å². The maximum absolute atomic E-state index is 11.2. The van der Waals surface area contributed by atoms with E-state index >= 15 is 0 Å². The van der Waals surface area contributed by atoms with Gasteiger partial charge in [-0.15, -0.1) is 0 Å². The highest BCUT2D eigenvalue weighted by Crippen LogP contribution is 2.29. The average Bonchev–Trinajstić information content (AvgIpc) is 3.09. The van der Waals surface area contributed by atoms with Gasteiger partial charge in [0, 0.05) is 38.4 Å². The van der Waals surface area contributed by atoms with Gasteiger partial charge in [-0.1, -0.05) is 33.1 Å². The summed E-state index contributed by atoms with van der Waals surface area (Å²) in [5.41, 5.74) is 1.39. The van der Waals surface area contributed by atoms with Gasteiger partial charge in [0.1, 0.15) is 0 Å². The van der Waals surface area contributed by atoms with Crippen LogP contribution in [0.25, 0.3) is 0 Å². The third-order valence-corrected chi connectivity index (χ3v) is 5.29. The predicted octanol–water partition coefficient (Wildman–Crippen LogP) is 4.18. The molecule has 1 amide bonds. The molecule has 1 aliphatic heterocycles. The molecule has 1 N–H and O–H groups in total. The standard InChI is InChI=1S/C10H19NO2.C9H15N3.C2H6/c1-3-13-10(12)11(2)8-7-9-5-4-6-9;1-12-9(4-7-11-12)8-2-5-10-6-3-8;1-2/h9H,3-8H2,1-2H3;4,7-8,10H,2-3,5-6H2,1H3;1-2H3. The summed E-state index contributed by atoms with van der Waals surface area (Å²) in [6.07, 6.45) is 9.38. The molecule has 27 heavy (non-hydrogen) atoms. The molecular formula is C21H40N4O2. The Morgan fingerprint density at radius 1 is 1.30 bits per heavy atom. The molecule has 1 saturated carbocycles. The number of rotatable bonds is 5. The Bertz CT molecular complexity index is 508. The van der Waals surface area contributed by atoms with Crippen LogP contribution < -0.4 is 5.32 Å². The number of carbonyl (C=O) groups excluding carboxylic acids is 1. The maximum Gasteiger partial charge on any atom is 0.409 e. The highest BCUT2D eigenvalue weighted by molar-refractivity contribution is 5.67. The van der Waals surface area contributed by atoms with Crippen molar-refractivity contribution in [2.24, 2.45) is 13.0 Å². The first kappa shape index (κ1) is 23.5. The number of piperidine rings is 1. The molecule has 2 fully saturated rings. The molecule has 6 nitrogen and oxygen atoms in total. The zero-order valence-electron chi connectivity index (χ0n) is 18.0. The first-order valence-corrected chi connectivity index (χ1v) is 10.7. The number of aromatic nitrogens is 2. The summed E-state index contributed by atoms with van der Waals surface area (Å²) in [5.74, 6) is 1.58. The first-order valence-electron chi connectivity index (χ1n) is 10.7. The minimum absolute atomic E-state index is 0.193. The lowest BCUT2D eigenvalue weighted by Gasteiger charge is -2.27. The van der Waals surface area contributed by atoms with Crippen LogP contribution in [-0.2, 0) is 11.8 Å². The Labute approximate surface area is 165 Å². The molecule has 0 spiro atoms. The number of nitrogens with zero attached hydrogens (tertiary/aromatic N) is 3. The second-order valence-corrected chi connectivity index (χ2v) is 7.11. The van der Waals surface area contributed by atoms with Crippen LogP contribution in [0.15, 0.2) is 12.3 Å². The normalized spacial score (nSPS) is 16.9. The molecule has 0 unspecified atom stereocenters. The Kier molecular flexibility index (Phi) is 11.8. The van der Waals surface area contributed by atoms with Crippen molar-refractivity contribution in [3.63, 3.8) is 0 Å². The van der Waals surface area contributed by atoms with Gasteiger partial charge < -0.3 is 15.0 Å². The van der Waals surface area contributed by atoms with Crippen molar-refractivity contribution in [1.29, 1.82) is 0 Å². The molecule has 2 heterocycles. The monoisotopic (exact) mass is 380 g/mol. The lowest BCUT2D eigenvalue weighted by atomic mass is 9.83. The first-order chi connectivity index (χ1) is 13.1. The van der Waals surface area contributed by atoms with E-state index in [-0.39, 0.29) is 6.09 Å². The van der Waals surface area contributed by atoms with Gasteiger partial charge in [0.05, 0.1) is 6.61 Å². The van der Waals surface area contributed by atoms with Gasteiger partial charge in [0.15, 0.2) is 0 Å². The number of hydrogen-bond acceptors (Lipinski definition) is 4.